The van der Waals surface area contributed by atoms with Crippen LogP contribution in [0.3, 0.4) is 0 Å². The number of hydrogen-bond donors (Lipinski definition) is 0. The van der Waals surface area contributed by atoms with E-state index in [4.69, 9.17) is 4.74 Å². The monoisotopic (exact) mass is 376 g/mol. The molecule has 1 aromatic carbocycles. The predicted molar refractivity (Wildman–Crippen MR) is 83.0 cm³/mol. The zero-order chi connectivity index (χ0) is 16.4. The van der Waals surface area contributed by atoms with Crippen LogP contribution in [-0.4, -0.2) is 35.0 Å². The van der Waals surface area contributed by atoms with Gasteiger partial charge in [0, 0.05) is 16.4 Å². The second-order valence-electron chi connectivity index (χ2n) is 6.41. The third-order valence-electron chi connectivity index (χ3n) is 5.22. The van der Waals surface area contributed by atoms with Crippen molar-refractivity contribution in [3.63, 3.8) is 0 Å². The number of carbonyl (C=O) groups excluding carboxylic acids is 2. The van der Waals surface area contributed by atoms with Gasteiger partial charge in [-0.15, -0.1) is 0 Å². The van der Waals surface area contributed by atoms with Crippen molar-refractivity contribution in [2.75, 3.05) is 6.54 Å². The highest BCUT2D eigenvalue weighted by Crippen LogP contribution is 2.53. The van der Waals surface area contributed by atoms with Gasteiger partial charge >= 0.3 is 0 Å². The number of halogens is 1. The molecule has 3 aliphatic heterocycles. The summed E-state index contributed by atoms with van der Waals surface area (Å²) < 4.78 is 6.83. The van der Waals surface area contributed by atoms with Crippen molar-refractivity contribution in [1.82, 2.24) is 4.90 Å². The molecule has 2 fully saturated rings. The van der Waals surface area contributed by atoms with Crippen molar-refractivity contribution in [2.45, 2.75) is 24.7 Å². The predicted octanol–water partition coefficient (Wildman–Crippen LogP) is 1.04. The van der Waals surface area contributed by atoms with E-state index in [1.807, 2.05) is 37.3 Å². The molecule has 0 unspecified atom stereocenters. The summed E-state index contributed by atoms with van der Waals surface area (Å²) in [6, 6.07) is 7.62. The summed E-state index contributed by atoms with van der Waals surface area (Å²) >= 11 is 3.40. The SMILES string of the molecule is C[C@@H](c1ccc(Br)cc1)N1C[C@]23C=C[C@@H](O2)[C@@H](C(=O)[O-])[C@@H]3C1=O. The van der Waals surface area contributed by atoms with Gasteiger partial charge in [-0.05, 0) is 24.6 Å². The van der Waals surface area contributed by atoms with E-state index >= 15 is 0 Å². The van der Waals surface area contributed by atoms with Crippen molar-refractivity contribution >= 4 is 27.8 Å². The number of aliphatic carboxylic acids is 1. The average Bonchev–Trinajstić information content (AvgIpc) is 3.15. The maximum absolute atomic E-state index is 12.9. The Balaban J connectivity index is 1.66. The first-order valence-electron chi connectivity index (χ1n) is 7.57. The van der Waals surface area contributed by atoms with E-state index in [0.29, 0.717) is 6.54 Å². The summed E-state index contributed by atoms with van der Waals surface area (Å²) in [6.07, 6.45) is 3.06. The second-order valence-corrected chi connectivity index (χ2v) is 7.33. The van der Waals surface area contributed by atoms with Crippen LogP contribution in [-0.2, 0) is 14.3 Å². The van der Waals surface area contributed by atoms with Gasteiger partial charge in [0.1, 0.15) is 5.60 Å². The summed E-state index contributed by atoms with van der Waals surface area (Å²) in [4.78, 5) is 26.1. The van der Waals surface area contributed by atoms with E-state index in [0.717, 1.165) is 10.0 Å². The highest BCUT2D eigenvalue weighted by Gasteiger charge is 2.65. The molecule has 2 bridgehead atoms. The minimum atomic E-state index is -1.21. The van der Waals surface area contributed by atoms with E-state index < -0.39 is 29.5 Å². The van der Waals surface area contributed by atoms with E-state index in [9.17, 15) is 14.7 Å². The molecule has 2 saturated heterocycles. The lowest BCUT2D eigenvalue weighted by molar-refractivity contribution is -0.313. The number of carboxylic acid groups (broad SMARTS) is 1. The minimum absolute atomic E-state index is 0.144. The van der Waals surface area contributed by atoms with Gasteiger partial charge in [-0.1, -0.05) is 40.2 Å². The van der Waals surface area contributed by atoms with E-state index in [-0.39, 0.29) is 11.9 Å². The standard InChI is InChI=1S/C17H16BrNO4/c1-9(10-2-4-11(18)5-3-10)19-8-17-7-6-12(23-17)13(16(21)22)14(17)15(19)20/h2-7,9,12-14H,8H2,1H3,(H,21,22)/p-1/t9-,12+,13+,14+,17-/m0/s1. The molecular weight excluding hydrogens is 362 g/mol. The number of amides is 1. The van der Waals surface area contributed by atoms with Crippen molar-refractivity contribution in [3.8, 4) is 0 Å². The molecule has 0 radical (unpaired) electrons. The quantitative estimate of drug-likeness (QED) is 0.739. The Labute approximate surface area is 142 Å². The zero-order valence-corrected chi connectivity index (χ0v) is 14.0. The number of hydrogen-bond acceptors (Lipinski definition) is 4. The fourth-order valence-corrected chi connectivity index (χ4v) is 4.31. The lowest BCUT2D eigenvalue weighted by Gasteiger charge is -2.28. The Morgan fingerprint density at radius 3 is 2.78 bits per heavy atom. The molecule has 4 rings (SSSR count). The maximum atomic E-state index is 12.9. The second kappa shape index (κ2) is 4.92. The summed E-state index contributed by atoms with van der Waals surface area (Å²) in [5.41, 5.74) is 0.192. The van der Waals surface area contributed by atoms with Crippen LogP contribution >= 0.6 is 15.9 Å². The highest BCUT2D eigenvalue weighted by molar-refractivity contribution is 9.10. The maximum Gasteiger partial charge on any atom is 0.230 e. The first-order valence-corrected chi connectivity index (χ1v) is 8.36. The largest absolute Gasteiger partial charge is 0.550 e. The van der Waals surface area contributed by atoms with Crippen molar-refractivity contribution in [3.05, 3.63) is 46.5 Å². The van der Waals surface area contributed by atoms with Crippen LogP contribution in [0.5, 0.6) is 0 Å². The molecule has 120 valence electrons. The van der Waals surface area contributed by atoms with Gasteiger partial charge in [0.25, 0.3) is 0 Å². The van der Waals surface area contributed by atoms with Crippen LogP contribution in [0.1, 0.15) is 18.5 Å². The lowest BCUT2D eigenvalue weighted by Crippen LogP contribution is -2.45. The number of ether oxygens (including phenoxy) is 1. The number of carbonyl (C=O) groups is 2. The van der Waals surface area contributed by atoms with Crippen molar-refractivity contribution < 1.29 is 19.4 Å². The third-order valence-corrected chi connectivity index (χ3v) is 5.75. The Hall–Kier alpha value is -1.66. The van der Waals surface area contributed by atoms with Crippen LogP contribution < -0.4 is 5.11 Å². The minimum Gasteiger partial charge on any atom is -0.550 e. The number of carboxylic acids is 1. The van der Waals surface area contributed by atoms with Crippen LogP contribution in [0.4, 0.5) is 0 Å². The smallest absolute Gasteiger partial charge is 0.230 e. The van der Waals surface area contributed by atoms with E-state index in [2.05, 4.69) is 15.9 Å². The molecule has 1 spiro atoms. The van der Waals surface area contributed by atoms with E-state index in [1.54, 1.807) is 11.0 Å². The van der Waals surface area contributed by atoms with E-state index in [1.165, 1.54) is 0 Å². The Morgan fingerprint density at radius 2 is 2.13 bits per heavy atom. The summed E-state index contributed by atoms with van der Waals surface area (Å²) in [6.45, 7) is 2.33. The molecule has 0 N–H and O–H groups in total. The first kappa shape index (κ1) is 14.9. The number of fused-ring (bicyclic) bond motifs is 1. The molecular formula is C17H15BrNO4-. The highest BCUT2D eigenvalue weighted by atomic mass is 79.9. The first-order chi connectivity index (χ1) is 10.9. The average molecular weight is 377 g/mol. The van der Waals surface area contributed by atoms with Gasteiger partial charge in [0.2, 0.25) is 5.91 Å². The Bertz CT molecular complexity index is 716. The summed E-state index contributed by atoms with van der Waals surface area (Å²) in [7, 11) is 0. The number of nitrogens with zero attached hydrogens (tertiary/aromatic N) is 1. The molecule has 5 atom stereocenters. The Kier molecular flexibility index (Phi) is 3.19. The number of likely N-dealkylation sites (tertiary alicyclic amines) is 1. The molecule has 1 aromatic rings. The van der Waals surface area contributed by atoms with Crippen LogP contribution in [0.15, 0.2) is 40.9 Å². The fourth-order valence-electron chi connectivity index (χ4n) is 4.05. The third kappa shape index (κ3) is 2.01. The summed E-state index contributed by atoms with van der Waals surface area (Å²) in [5, 5.41) is 11.5. The Morgan fingerprint density at radius 1 is 1.43 bits per heavy atom. The molecule has 6 heteroatoms. The van der Waals surface area contributed by atoms with Crippen molar-refractivity contribution in [2.24, 2.45) is 11.8 Å². The molecule has 0 aliphatic carbocycles. The zero-order valence-electron chi connectivity index (χ0n) is 12.4. The molecule has 23 heavy (non-hydrogen) atoms. The normalized spacial score (nSPS) is 35.7. The topological polar surface area (TPSA) is 69.7 Å². The van der Waals surface area contributed by atoms with Gasteiger partial charge in [-0.25, -0.2) is 0 Å². The van der Waals surface area contributed by atoms with Gasteiger partial charge < -0.3 is 19.5 Å². The van der Waals surface area contributed by atoms with Gasteiger partial charge in [0.05, 0.1) is 24.6 Å². The van der Waals surface area contributed by atoms with Gasteiger partial charge in [-0.3, -0.25) is 4.79 Å². The van der Waals surface area contributed by atoms with Crippen LogP contribution in [0.2, 0.25) is 0 Å². The molecule has 0 aromatic heterocycles. The fraction of sp³-hybridized carbons (Fsp3) is 0.412. The van der Waals surface area contributed by atoms with Crippen LogP contribution in [0, 0.1) is 11.8 Å². The molecule has 0 saturated carbocycles. The molecule has 3 aliphatic rings. The van der Waals surface area contributed by atoms with Crippen molar-refractivity contribution in [1.29, 1.82) is 0 Å². The van der Waals surface area contributed by atoms with Gasteiger partial charge in [-0.2, -0.15) is 0 Å². The van der Waals surface area contributed by atoms with Crippen LogP contribution in [0.25, 0.3) is 0 Å². The number of benzene rings is 1. The number of rotatable bonds is 3. The molecule has 3 heterocycles. The van der Waals surface area contributed by atoms with Gasteiger partial charge in [0.15, 0.2) is 0 Å². The lowest BCUT2D eigenvalue weighted by atomic mass is 9.77. The molecule has 1 amide bonds. The summed E-state index contributed by atoms with van der Waals surface area (Å²) in [5.74, 6) is -2.95. The molecule has 5 nitrogen and oxygen atoms in total.